The quantitative estimate of drug-likeness (QED) is 0.309. The second-order valence-corrected chi connectivity index (χ2v) is 7.19. The number of hydrogen-bond donors (Lipinski definition) is 0. The first-order valence-corrected chi connectivity index (χ1v) is 9.63. The monoisotopic (exact) mass is 327 g/mol. The molecule has 1 saturated heterocycles. The van der Waals surface area contributed by atoms with E-state index in [0.29, 0.717) is 25.0 Å². The van der Waals surface area contributed by atoms with Crippen LogP contribution >= 0.6 is 0 Å². The maximum atomic E-state index is 11.2. The van der Waals surface area contributed by atoms with Crippen LogP contribution < -0.4 is 0 Å². The summed E-state index contributed by atoms with van der Waals surface area (Å²) in [6, 6.07) is -0.389. The van der Waals surface area contributed by atoms with Crippen LogP contribution in [0.4, 0.5) is 0 Å². The van der Waals surface area contributed by atoms with Crippen molar-refractivity contribution in [2.75, 3.05) is 0 Å². The Morgan fingerprint density at radius 3 is 2.35 bits per heavy atom. The first-order valence-electron chi connectivity index (χ1n) is 9.63. The summed E-state index contributed by atoms with van der Waals surface area (Å²) in [5.74, 6) is 0. The lowest BCUT2D eigenvalue weighted by molar-refractivity contribution is -0.524. The molecule has 5 nitrogen and oxygen atoms in total. The van der Waals surface area contributed by atoms with Crippen LogP contribution in [0.3, 0.4) is 0 Å². The molecule has 5 heteroatoms. The summed E-state index contributed by atoms with van der Waals surface area (Å²) < 4.78 is 11.9. The van der Waals surface area contributed by atoms with Gasteiger partial charge in [-0.15, -0.1) is 0 Å². The molecular weight excluding hydrogens is 294 g/mol. The zero-order valence-electron chi connectivity index (χ0n) is 14.6. The number of nitro groups is 1. The summed E-state index contributed by atoms with van der Waals surface area (Å²) >= 11 is 0. The normalized spacial score (nSPS) is 28.5. The molecule has 2 aliphatic rings. The Balaban J connectivity index is 1.61. The van der Waals surface area contributed by atoms with E-state index in [-0.39, 0.29) is 17.3 Å². The van der Waals surface area contributed by atoms with Gasteiger partial charge in [-0.3, -0.25) is 10.1 Å². The molecule has 0 N–H and O–H groups in total. The van der Waals surface area contributed by atoms with Crippen molar-refractivity contribution in [3.8, 4) is 0 Å². The summed E-state index contributed by atoms with van der Waals surface area (Å²) in [4.78, 5) is 11.1. The third-order valence-electron chi connectivity index (χ3n) is 5.18. The van der Waals surface area contributed by atoms with Crippen molar-refractivity contribution in [1.82, 2.24) is 0 Å². The van der Waals surface area contributed by atoms with E-state index in [1.54, 1.807) is 0 Å². The van der Waals surface area contributed by atoms with Crippen molar-refractivity contribution >= 4 is 0 Å². The van der Waals surface area contributed by atoms with Gasteiger partial charge in [0.2, 0.25) is 6.04 Å². The molecule has 0 amide bonds. The Bertz CT molecular complexity index is 338. The van der Waals surface area contributed by atoms with Crippen LogP contribution in [0.15, 0.2) is 0 Å². The molecule has 0 spiro atoms. The minimum Gasteiger partial charge on any atom is -0.349 e. The zero-order chi connectivity index (χ0) is 16.5. The molecular formula is C18H33NO4. The van der Waals surface area contributed by atoms with Crippen LogP contribution in [0.25, 0.3) is 0 Å². The van der Waals surface area contributed by atoms with Crippen molar-refractivity contribution in [2.45, 2.75) is 115 Å². The SMILES string of the molecule is CCCCCCCC(CCCC1OC2CCCC(C2)O1)[N+](=O)[O-]. The van der Waals surface area contributed by atoms with Crippen molar-refractivity contribution in [3.63, 3.8) is 0 Å². The van der Waals surface area contributed by atoms with Crippen LogP contribution in [-0.2, 0) is 9.47 Å². The number of ether oxygens (including phenoxy) is 2. The van der Waals surface area contributed by atoms with E-state index in [4.69, 9.17) is 9.47 Å². The number of unbranched alkanes of at least 4 members (excludes halogenated alkanes) is 4. The molecule has 1 saturated carbocycles. The van der Waals surface area contributed by atoms with Gasteiger partial charge in [0.25, 0.3) is 0 Å². The molecule has 0 aromatic rings. The van der Waals surface area contributed by atoms with Crippen molar-refractivity contribution in [1.29, 1.82) is 0 Å². The Labute approximate surface area is 140 Å². The highest BCUT2D eigenvalue weighted by atomic mass is 16.7. The molecule has 3 unspecified atom stereocenters. The van der Waals surface area contributed by atoms with Crippen molar-refractivity contribution in [2.24, 2.45) is 0 Å². The molecule has 0 aromatic carbocycles. The van der Waals surface area contributed by atoms with Gasteiger partial charge in [-0.25, -0.2) is 0 Å². The molecule has 0 radical (unpaired) electrons. The van der Waals surface area contributed by atoms with Gasteiger partial charge in [0.1, 0.15) is 0 Å². The fourth-order valence-corrected chi connectivity index (χ4v) is 3.81. The summed E-state index contributed by atoms with van der Waals surface area (Å²) in [7, 11) is 0. The molecule has 2 fully saturated rings. The topological polar surface area (TPSA) is 61.6 Å². The fourth-order valence-electron chi connectivity index (χ4n) is 3.81. The maximum Gasteiger partial charge on any atom is 0.213 e. The third-order valence-corrected chi connectivity index (χ3v) is 5.18. The number of fused-ring (bicyclic) bond motifs is 2. The summed E-state index contributed by atoms with van der Waals surface area (Å²) in [6.07, 6.45) is 13.9. The number of hydrogen-bond acceptors (Lipinski definition) is 4. The van der Waals surface area contributed by atoms with E-state index in [9.17, 15) is 10.1 Å². The van der Waals surface area contributed by atoms with Crippen molar-refractivity contribution in [3.05, 3.63) is 10.1 Å². The molecule has 0 aromatic heterocycles. The fraction of sp³-hybridized carbons (Fsp3) is 1.00. The average molecular weight is 327 g/mol. The van der Waals surface area contributed by atoms with Gasteiger partial charge in [-0.05, 0) is 44.9 Å². The predicted octanol–water partition coefficient (Wildman–Crippen LogP) is 4.85. The lowest BCUT2D eigenvalue weighted by Gasteiger charge is -2.39. The molecule has 2 bridgehead atoms. The predicted molar refractivity (Wildman–Crippen MR) is 90.0 cm³/mol. The average Bonchev–Trinajstić information content (AvgIpc) is 2.52. The van der Waals surface area contributed by atoms with Gasteiger partial charge < -0.3 is 9.47 Å². The highest BCUT2D eigenvalue weighted by molar-refractivity contribution is 4.78. The van der Waals surface area contributed by atoms with E-state index in [2.05, 4.69) is 6.92 Å². The summed E-state index contributed by atoms with van der Waals surface area (Å²) in [5, 5.41) is 11.2. The Morgan fingerprint density at radius 1 is 1.04 bits per heavy atom. The van der Waals surface area contributed by atoms with E-state index in [1.165, 1.54) is 25.7 Å². The molecule has 2 rings (SSSR count). The minimum atomic E-state index is -0.389. The van der Waals surface area contributed by atoms with Gasteiger partial charge in [0.15, 0.2) is 6.29 Å². The van der Waals surface area contributed by atoms with Crippen LogP contribution in [0.2, 0.25) is 0 Å². The molecule has 23 heavy (non-hydrogen) atoms. The Hall–Kier alpha value is -0.680. The van der Waals surface area contributed by atoms with E-state index in [0.717, 1.165) is 44.9 Å². The van der Waals surface area contributed by atoms with Crippen LogP contribution in [0, 0.1) is 10.1 Å². The van der Waals surface area contributed by atoms with Gasteiger partial charge in [0.05, 0.1) is 12.2 Å². The second-order valence-electron chi connectivity index (χ2n) is 7.19. The molecule has 1 aliphatic carbocycles. The highest BCUT2D eigenvalue weighted by Crippen LogP contribution is 2.32. The minimum absolute atomic E-state index is 0.0862. The van der Waals surface area contributed by atoms with E-state index >= 15 is 0 Å². The van der Waals surface area contributed by atoms with E-state index < -0.39 is 0 Å². The van der Waals surface area contributed by atoms with Crippen molar-refractivity contribution < 1.29 is 14.4 Å². The lowest BCUT2D eigenvalue weighted by Crippen LogP contribution is -2.41. The maximum absolute atomic E-state index is 11.2. The van der Waals surface area contributed by atoms with Gasteiger partial charge >= 0.3 is 0 Å². The number of nitrogens with zero attached hydrogens (tertiary/aromatic N) is 1. The molecule has 1 heterocycles. The standard InChI is InChI=1S/C18H33NO4/c1-2-3-4-5-6-9-15(19(20)21)10-7-13-18-22-16-11-8-12-17(14-16)23-18/h15-18H,2-14H2,1H3. The largest absolute Gasteiger partial charge is 0.349 e. The number of rotatable bonds is 11. The van der Waals surface area contributed by atoms with Crippen LogP contribution in [0.5, 0.6) is 0 Å². The smallest absolute Gasteiger partial charge is 0.213 e. The van der Waals surface area contributed by atoms with Crippen LogP contribution in [0.1, 0.15) is 90.4 Å². The second kappa shape index (κ2) is 10.2. The van der Waals surface area contributed by atoms with Crippen LogP contribution in [-0.4, -0.2) is 29.5 Å². The van der Waals surface area contributed by atoms with Gasteiger partial charge in [-0.2, -0.15) is 0 Å². The zero-order valence-corrected chi connectivity index (χ0v) is 14.6. The van der Waals surface area contributed by atoms with E-state index in [1.807, 2.05) is 0 Å². The first-order chi connectivity index (χ1) is 11.2. The summed E-state index contributed by atoms with van der Waals surface area (Å²) in [5.41, 5.74) is 0. The van der Waals surface area contributed by atoms with Gasteiger partial charge in [-0.1, -0.05) is 32.6 Å². The lowest BCUT2D eigenvalue weighted by atomic mass is 9.93. The molecule has 1 aliphatic heterocycles. The Kier molecular flexibility index (Phi) is 8.31. The first kappa shape index (κ1) is 18.7. The highest BCUT2D eigenvalue weighted by Gasteiger charge is 2.33. The van der Waals surface area contributed by atoms with Gasteiger partial charge in [0, 0.05) is 17.8 Å². The molecule has 3 atom stereocenters. The Morgan fingerprint density at radius 2 is 1.70 bits per heavy atom. The summed E-state index contributed by atoms with van der Waals surface area (Å²) in [6.45, 7) is 2.18. The molecule has 134 valence electrons. The third kappa shape index (κ3) is 6.76.